The summed E-state index contributed by atoms with van der Waals surface area (Å²) in [5.41, 5.74) is 1.01. The molecule has 122 valence electrons. The zero-order valence-corrected chi connectivity index (χ0v) is 13.9. The number of amides is 1. The van der Waals surface area contributed by atoms with Gasteiger partial charge < -0.3 is 15.7 Å². The third kappa shape index (κ3) is 4.92. The SMILES string of the molecule is N#C/C(=C/Nc1cc(Cl)ccc1O)C(=O)NCc1ccc(Cl)cc1. The van der Waals surface area contributed by atoms with Crippen molar-refractivity contribution in [1.82, 2.24) is 5.32 Å². The van der Waals surface area contributed by atoms with Gasteiger partial charge in [0.05, 0.1) is 5.69 Å². The molecule has 0 atom stereocenters. The summed E-state index contributed by atoms with van der Waals surface area (Å²) < 4.78 is 0. The van der Waals surface area contributed by atoms with Crippen LogP contribution in [0.1, 0.15) is 5.56 Å². The van der Waals surface area contributed by atoms with E-state index in [2.05, 4.69) is 10.6 Å². The fourth-order valence-electron chi connectivity index (χ4n) is 1.80. The maximum atomic E-state index is 12.0. The van der Waals surface area contributed by atoms with Crippen LogP contribution < -0.4 is 10.6 Å². The molecule has 5 nitrogen and oxygen atoms in total. The molecule has 0 bridgehead atoms. The Balaban J connectivity index is 2.01. The Labute approximate surface area is 149 Å². The van der Waals surface area contributed by atoms with Crippen molar-refractivity contribution in [3.63, 3.8) is 0 Å². The molecule has 0 radical (unpaired) electrons. The van der Waals surface area contributed by atoms with Crippen molar-refractivity contribution in [1.29, 1.82) is 5.26 Å². The minimum absolute atomic E-state index is 0.0467. The first-order valence-corrected chi connectivity index (χ1v) is 7.63. The Kier molecular flexibility index (Phi) is 6.07. The van der Waals surface area contributed by atoms with Gasteiger partial charge in [-0.05, 0) is 35.9 Å². The summed E-state index contributed by atoms with van der Waals surface area (Å²) in [6.45, 7) is 0.261. The number of anilines is 1. The summed E-state index contributed by atoms with van der Waals surface area (Å²) in [6, 6.07) is 13.2. The average Bonchev–Trinajstić information content (AvgIpc) is 2.58. The van der Waals surface area contributed by atoms with Crippen molar-refractivity contribution in [3.05, 3.63) is 69.8 Å². The Hall–Kier alpha value is -2.68. The van der Waals surface area contributed by atoms with E-state index in [0.29, 0.717) is 15.7 Å². The summed E-state index contributed by atoms with van der Waals surface area (Å²) in [7, 11) is 0. The van der Waals surface area contributed by atoms with E-state index < -0.39 is 5.91 Å². The lowest BCUT2D eigenvalue weighted by Crippen LogP contribution is -2.24. The highest BCUT2D eigenvalue weighted by atomic mass is 35.5. The molecule has 0 aliphatic carbocycles. The molecule has 0 saturated heterocycles. The van der Waals surface area contributed by atoms with Gasteiger partial charge in [-0.15, -0.1) is 0 Å². The number of phenolic OH excluding ortho intramolecular Hbond substituents is 1. The molecule has 7 heteroatoms. The van der Waals surface area contributed by atoms with E-state index >= 15 is 0 Å². The Morgan fingerprint density at radius 2 is 1.83 bits per heavy atom. The second kappa shape index (κ2) is 8.25. The minimum Gasteiger partial charge on any atom is -0.506 e. The molecule has 0 aromatic heterocycles. The van der Waals surface area contributed by atoms with Crippen molar-refractivity contribution in [3.8, 4) is 11.8 Å². The molecule has 0 aliphatic rings. The summed E-state index contributed by atoms with van der Waals surface area (Å²) in [5.74, 6) is -0.587. The number of nitrogens with one attached hydrogen (secondary N) is 2. The highest BCUT2D eigenvalue weighted by molar-refractivity contribution is 6.31. The van der Waals surface area contributed by atoms with E-state index in [1.165, 1.54) is 24.4 Å². The number of aromatic hydroxyl groups is 1. The molecule has 0 saturated carbocycles. The monoisotopic (exact) mass is 361 g/mol. The van der Waals surface area contributed by atoms with Crippen LogP contribution in [0.3, 0.4) is 0 Å². The number of nitrogens with zero attached hydrogens (tertiary/aromatic N) is 1. The predicted octanol–water partition coefficient (Wildman–Crippen LogP) is 3.83. The number of benzene rings is 2. The maximum Gasteiger partial charge on any atom is 0.263 e. The maximum absolute atomic E-state index is 12.0. The summed E-state index contributed by atoms with van der Waals surface area (Å²) in [4.78, 5) is 12.0. The van der Waals surface area contributed by atoms with Gasteiger partial charge in [-0.25, -0.2) is 0 Å². The van der Waals surface area contributed by atoms with Gasteiger partial charge in [0, 0.05) is 22.8 Å². The van der Waals surface area contributed by atoms with Gasteiger partial charge in [0.2, 0.25) is 0 Å². The number of hydrogen-bond acceptors (Lipinski definition) is 4. The Morgan fingerprint density at radius 3 is 2.50 bits per heavy atom. The van der Waals surface area contributed by atoms with Gasteiger partial charge in [0.15, 0.2) is 0 Å². The van der Waals surface area contributed by atoms with Crippen LogP contribution in [0, 0.1) is 11.3 Å². The lowest BCUT2D eigenvalue weighted by atomic mass is 10.2. The molecule has 0 unspecified atom stereocenters. The molecule has 24 heavy (non-hydrogen) atoms. The molecule has 2 rings (SSSR count). The van der Waals surface area contributed by atoms with Crippen molar-refractivity contribution in [2.24, 2.45) is 0 Å². The van der Waals surface area contributed by atoms with Gasteiger partial charge in [-0.3, -0.25) is 4.79 Å². The zero-order chi connectivity index (χ0) is 17.5. The average molecular weight is 362 g/mol. The molecule has 3 N–H and O–H groups in total. The minimum atomic E-state index is -0.540. The number of phenols is 1. The molecule has 1 amide bonds. The molecular formula is C17H13Cl2N3O2. The van der Waals surface area contributed by atoms with Crippen LogP contribution in [0.15, 0.2) is 54.2 Å². The second-order valence-electron chi connectivity index (χ2n) is 4.78. The van der Waals surface area contributed by atoms with Crippen molar-refractivity contribution >= 4 is 34.8 Å². The summed E-state index contributed by atoms with van der Waals surface area (Å²) in [6.07, 6.45) is 1.21. The van der Waals surface area contributed by atoms with Crippen LogP contribution in [-0.4, -0.2) is 11.0 Å². The first kappa shape index (κ1) is 17.7. The van der Waals surface area contributed by atoms with Crippen molar-refractivity contribution in [2.45, 2.75) is 6.54 Å². The lowest BCUT2D eigenvalue weighted by Gasteiger charge is -2.07. The van der Waals surface area contributed by atoms with Crippen LogP contribution in [0.25, 0.3) is 0 Å². The van der Waals surface area contributed by atoms with Gasteiger partial charge in [0.25, 0.3) is 5.91 Å². The normalized spacial score (nSPS) is 10.8. The van der Waals surface area contributed by atoms with Gasteiger partial charge in [-0.1, -0.05) is 35.3 Å². The lowest BCUT2D eigenvalue weighted by molar-refractivity contribution is -0.117. The smallest absolute Gasteiger partial charge is 0.263 e. The third-order valence-corrected chi connectivity index (χ3v) is 3.55. The molecule has 0 fully saturated rings. The Bertz CT molecular complexity index is 812. The molecule has 2 aromatic carbocycles. The number of carbonyl (C=O) groups excluding carboxylic acids is 1. The van der Waals surface area contributed by atoms with Gasteiger partial charge in [0.1, 0.15) is 17.4 Å². The Morgan fingerprint density at radius 1 is 1.17 bits per heavy atom. The molecule has 2 aromatic rings. The first-order valence-electron chi connectivity index (χ1n) is 6.87. The zero-order valence-electron chi connectivity index (χ0n) is 12.4. The van der Waals surface area contributed by atoms with Crippen LogP contribution in [0.5, 0.6) is 5.75 Å². The second-order valence-corrected chi connectivity index (χ2v) is 5.66. The largest absolute Gasteiger partial charge is 0.506 e. The number of rotatable bonds is 5. The topological polar surface area (TPSA) is 85.2 Å². The molecule has 0 aliphatic heterocycles. The van der Waals surface area contributed by atoms with Crippen LogP contribution in [0.4, 0.5) is 5.69 Å². The fraction of sp³-hybridized carbons (Fsp3) is 0.0588. The quantitative estimate of drug-likeness (QED) is 0.429. The van der Waals surface area contributed by atoms with Gasteiger partial charge in [-0.2, -0.15) is 5.26 Å². The highest BCUT2D eigenvalue weighted by Gasteiger charge is 2.09. The number of hydrogen-bond donors (Lipinski definition) is 3. The van der Waals surface area contributed by atoms with E-state index in [0.717, 1.165) is 5.56 Å². The first-order chi connectivity index (χ1) is 11.5. The third-order valence-electron chi connectivity index (χ3n) is 3.06. The number of nitriles is 1. The van der Waals surface area contributed by atoms with Gasteiger partial charge >= 0.3 is 0 Å². The van der Waals surface area contributed by atoms with E-state index in [-0.39, 0.29) is 17.9 Å². The van der Waals surface area contributed by atoms with Crippen LogP contribution >= 0.6 is 23.2 Å². The van der Waals surface area contributed by atoms with E-state index in [1.807, 2.05) is 0 Å². The van der Waals surface area contributed by atoms with E-state index in [9.17, 15) is 9.90 Å². The highest BCUT2D eigenvalue weighted by Crippen LogP contribution is 2.26. The molecule has 0 spiro atoms. The number of carbonyl (C=O) groups is 1. The van der Waals surface area contributed by atoms with Crippen LogP contribution in [0.2, 0.25) is 10.0 Å². The van der Waals surface area contributed by atoms with Crippen molar-refractivity contribution in [2.75, 3.05) is 5.32 Å². The standard InChI is InChI=1S/C17H13Cl2N3O2/c18-13-3-1-11(2-4-13)9-22-17(24)12(8-20)10-21-15-7-14(19)5-6-16(15)23/h1-7,10,21,23H,9H2,(H,22,24)/b12-10-. The van der Waals surface area contributed by atoms with Crippen LogP contribution in [-0.2, 0) is 11.3 Å². The van der Waals surface area contributed by atoms with E-state index in [1.54, 1.807) is 30.3 Å². The fourth-order valence-corrected chi connectivity index (χ4v) is 2.10. The van der Waals surface area contributed by atoms with E-state index in [4.69, 9.17) is 28.5 Å². The molecule has 0 heterocycles. The summed E-state index contributed by atoms with van der Waals surface area (Å²) >= 11 is 11.6. The van der Waals surface area contributed by atoms with Crippen molar-refractivity contribution < 1.29 is 9.90 Å². The predicted molar refractivity (Wildman–Crippen MR) is 93.7 cm³/mol. The molecular weight excluding hydrogens is 349 g/mol. The summed E-state index contributed by atoms with van der Waals surface area (Å²) in [5, 5.41) is 25.1. The number of halogens is 2.